The van der Waals surface area contributed by atoms with Crippen molar-refractivity contribution in [2.45, 2.75) is 125 Å². The zero-order valence-corrected chi connectivity index (χ0v) is 21.9. The number of aliphatic hydroxyl groups excluding tert-OH is 2. The zero-order valence-electron chi connectivity index (χ0n) is 21.9. The average molecular weight is 453 g/mol. The molecule has 0 spiro atoms. The van der Waals surface area contributed by atoms with Crippen molar-refractivity contribution in [3.63, 3.8) is 0 Å². The predicted octanol–water partition coefficient (Wildman–Crippen LogP) is 6.53. The van der Waals surface area contributed by atoms with Crippen LogP contribution in [0.1, 0.15) is 113 Å². The molecule has 3 N–H and O–H groups in total. The van der Waals surface area contributed by atoms with Gasteiger partial charge in [0, 0.05) is 6.42 Å². The van der Waals surface area contributed by atoms with Gasteiger partial charge < -0.3 is 15.3 Å². The predicted molar refractivity (Wildman–Crippen MR) is 131 cm³/mol. The fourth-order valence-electron chi connectivity index (χ4n) is 7.66. The van der Waals surface area contributed by atoms with Crippen LogP contribution in [0.15, 0.2) is 0 Å². The first-order chi connectivity index (χ1) is 14.9. The van der Waals surface area contributed by atoms with E-state index in [-0.39, 0.29) is 41.3 Å². The lowest BCUT2D eigenvalue weighted by Gasteiger charge is -2.56. The van der Waals surface area contributed by atoms with Gasteiger partial charge in [0.25, 0.3) is 0 Å². The van der Waals surface area contributed by atoms with Crippen LogP contribution in [-0.4, -0.2) is 33.5 Å². The average Bonchev–Trinajstić information content (AvgIpc) is 3.10. The Morgan fingerprint density at radius 1 is 1.06 bits per heavy atom. The molecule has 0 aromatic carbocycles. The second kappa shape index (κ2) is 11.2. The van der Waals surface area contributed by atoms with Gasteiger partial charge in [0.05, 0.1) is 12.2 Å². The summed E-state index contributed by atoms with van der Waals surface area (Å²) in [6.45, 7) is 15.9. The monoisotopic (exact) mass is 452 g/mol. The molecule has 32 heavy (non-hydrogen) atoms. The van der Waals surface area contributed by atoms with Crippen LogP contribution in [0.25, 0.3) is 0 Å². The molecule has 4 nitrogen and oxygen atoms in total. The molecule has 4 heteroatoms. The Balaban J connectivity index is 2.31. The first kappa shape index (κ1) is 27.6. The summed E-state index contributed by atoms with van der Waals surface area (Å²) in [5.74, 6) is 1.79. The number of rotatable bonds is 12. The highest BCUT2D eigenvalue weighted by Gasteiger charge is 2.58. The summed E-state index contributed by atoms with van der Waals surface area (Å²) < 4.78 is 0. The van der Waals surface area contributed by atoms with E-state index >= 15 is 0 Å². The number of carboxylic acids is 1. The summed E-state index contributed by atoms with van der Waals surface area (Å²) in [5.41, 5.74) is 0.274. The van der Waals surface area contributed by atoms with Crippen molar-refractivity contribution < 1.29 is 20.1 Å². The zero-order chi connectivity index (χ0) is 24.3. The maximum atomic E-state index is 11.6. The Bertz CT molecular complexity index is 602. The molecule has 3 unspecified atom stereocenters. The molecule has 9 atom stereocenters. The number of fused-ring (bicyclic) bond motifs is 1. The number of aliphatic carboxylic acids is 1. The van der Waals surface area contributed by atoms with Gasteiger partial charge in [0.15, 0.2) is 0 Å². The third kappa shape index (κ3) is 5.90. The summed E-state index contributed by atoms with van der Waals surface area (Å²) >= 11 is 0. The molecule has 2 fully saturated rings. The number of hydrogen-bond acceptors (Lipinski definition) is 3. The number of carboxylic acid groups (broad SMARTS) is 1. The van der Waals surface area contributed by atoms with Gasteiger partial charge in [-0.25, -0.2) is 0 Å². The van der Waals surface area contributed by atoms with Crippen molar-refractivity contribution in [1.82, 2.24) is 0 Å². The molecular weight excluding hydrogens is 400 g/mol. The van der Waals surface area contributed by atoms with Gasteiger partial charge in [-0.3, -0.25) is 4.79 Å². The Hall–Kier alpha value is -0.610. The first-order valence-electron chi connectivity index (χ1n) is 13.5. The molecule has 188 valence electrons. The molecule has 0 aromatic heterocycles. The second-order valence-corrected chi connectivity index (χ2v) is 12.4. The molecule has 2 saturated carbocycles. The smallest absolute Gasteiger partial charge is 0.303 e. The van der Waals surface area contributed by atoms with Gasteiger partial charge in [-0.1, -0.05) is 54.9 Å². The molecule has 0 heterocycles. The molecule has 0 aliphatic heterocycles. The topological polar surface area (TPSA) is 77.8 Å². The lowest BCUT2D eigenvalue weighted by molar-refractivity contribution is -0.137. The van der Waals surface area contributed by atoms with Crippen LogP contribution in [0.4, 0.5) is 0 Å². The lowest BCUT2D eigenvalue weighted by Crippen LogP contribution is -2.52. The summed E-state index contributed by atoms with van der Waals surface area (Å²) in [6.07, 6.45) is 8.73. The molecular formula is C28H52O4. The fraction of sp³-hybridized carbons (Fsp3) is 0.964. The number of hydrogen-bond donors (Lipinski definition) is 3. The van der Waals surface area contributed by atoms with Gasteiger partial charge in [0.2, 0.25) is 0 Å². The van der Waals surface area contributed by atoms with Gasteiger partial charge in [0.1, 0.15) is 0 Å². The van der Waals surface area contributed by atoms with Crippen LogP contribution in [0.2, 0.25) is 0 Å². The summed E-state index contributed by atoms with van der Waals surface area (Å²) in [6, 6.07) is 0. The first-order valence-corrected chi connectivity index (χ1v) is 13.5. The molecule has 0 bridgehead atoms. The van der Waals surface area contributed by atoms with Crippen LogP contribution in [0.5, 0.6) is 0 Å². The molecule has 2 aliphatic rings. The molecule has 0 amide bonds. The molecule has 0 aromatic rings. The van der Waals surface area contributed by atoms with E-state index in [1.807, 2.05) is 6.92 Å². The normalized spacial score (nSPS) is 34.5. The summed E-state index contributed by atoms with van der Waals surface area (Å²) in [5, 5.41) is 31.0. The van der Waals surface area contributed by atoms with Gasteiger partial charge in [-0.05, 0) is 97.7 Å². The number of carbonyl (C=O) groups is 1. The van der Waals surface area contributed by atoms with E-state index in [0.29, 0.717) is 23.7 Å². The fourth-order valence-corrected chi connectivity index (χ4v) is 7.66. The standard InChI is InChI=1S/C28H52O4/c1-8-18(3)26(32)25-22(27(5,6)16-14-20(29)9-2)15-17-28(7)21(11-12-23(25)28)19(4)10-13-24(30)31/h18-23,25-26,29,32H,8-17H2,1-7H3,(H,30,31)/t18-,19+,20-,21+,22?,23?,25?,26-,28+/m0/s1. The highest BCUT2D eigenvalue weighted by molar-refractivity contribution is 5.66. The largest absolute Gasteiger partial charge is 0.481 e. The minimum atomic E-state index is -0.693. The third-order valence-electron chi connectivity index (χ3n) is 10.1. The van der Waals surface area contributed by atoms with E-state index in [2.05, 4.69) is 41.5 Å². The Labute approximate surface area is 197 Å². The van der Waals surface area contributed by atoms with Crippen molar-refractivity contribution in [3.8, 4) is 0 Å². The lowest BCUT2D eigenvalue weighted by atomic mass is 9.50. The van der Waals surface area contributed by atoms with E-state index in [1.165, 1.54) is 6.42 Å². The minimum Gasteiger partial charge on any atom is -0.481 e. The van der Waals surface area contributed by atoms with E-state index in [4.69, 9.17) is 0 Å². The van der Waals surface area contributed by atoms with Crippen molar-refractivity contribution in [2.75, 3.05) is 0 Å². The number of aliphatic hydroxyl groups is 2. The maximum Gasteiger partial charge on any atom is 0.303 e. The van der Waals surface area contributed by atoms with Gasteiger partial charge in [-0.15, -0.1) is 0 Å². The van der Waals surface area contributed by atoms with E-state index in [9.17, 15) is 20.1 Å². The third-order valence-corrected chi connectivity index (χ3v) is 10.1. The van der Waals surface area contributed by atoms with E-state index in [1.54, 1.807) is 0 Å². The van der Waals surface area contributed by atoms with Crippen molar-refractivity contribution >= 4 is 5.97 Å². The van der Waals surface area contributed by atoms with E-state index < -0.39 is 5.97 Å². The van der Waals surface area contributed by atoms with Crippen molar-refractivity contribution in [1.29, 1.82) is 0 Å². The van der Waals surface area contributed by atoms with E-state index in [0.717, 1.165) is 51.4 Å². The summed E-state index contributed by atoms with van der Waals surface area (Å²) in [4.78, 5) is 11.2. The maximum absolute atomic E-state index is 11.6. The van der Waals surface area contributed by atoms with Crippen LogP contribution in [0, 0.1) is 46.3 Å². The minimum absolute atomic E-state index is 0.0869. The molecule has 0 saturated heterocycles. The van der Waals surface area contributed by atoms with Crippen LogP contribution >= 0.6 is 0 Å². The highest BCUT2D eigenvalue weighted by Crippen LogP contribution is 2.64. The molecule has 0 radical (unpaired) electrons. The highest BCUT2D eigenvalue weighted by atomic mass is 16.4. The second-order valence-electron chi connectivity index (χ2n) is 12.4. The Kier molecular flexibility index (Phi) is 9.68. The quantitative estimate of drug-likeness (QED) is 0.314. The van der Waals surface area contributed by atoms with Crippen LogP contribution in [-0.2, 0) is 4.79 Å². The summed E-state index contributed by atoms with van der Waals surface area (Å²) in [7, 11) is 0. The molecule has 2 rings (SSSR count). The Morgan fingerprint density at radius 3 is 2.28 bits per heavy atom. The van der Waals surface area contributed by atoms with Crippen LogP contribution < -0.4 is 0 Å². The van der Waals surface area contributed by atoms with Crippen LogP contribution in [0.3, 0.4) is 0 Å². The van der Waals surface area contributed by atoms with Gasteiger partial charge >= 0.3 is 5.97 Å². The van der Waals surface area contributed by atoms with Crippen molar-refractivity contribution in [3.05, 3.63) is 0 Å². The Morgan fingerprint density at radius 2 is 1.72 bits per heavy atom. The van der Waals surface area contributed by atoms with Crippen molar-refractivity contribution in [2.24, 2.45) is 46.3 Å². The van der Waals surface area contributed by atoms with Gasteiger partial charge in [-0.2, -0.15) is 0 Å². The molecule has 2 aliphatic carbocycles. The SMILES string of the molecule is CC[C@H](O)CCC(C)(C)C1CC[C@@]2(C)C(CC[C@@H]2[C@H](C)CCC(=O)O)C1[C@@H](O)[C@@H](C)CC.